The van der Waals surface area contributed by atoms with Gasteiger partial charge >= 0.3 is 0 Å². The molecule has 32 heavy (non-hydrogen) atoms. The monoisotopic (exact) mass is 495 g/mol. The second kappa shape index (κ2) is 9.62. The summed E-state index contributed by atoms with van der Waals surface area (Å²) in [6, 6.07) is 15.6. The van der Waals surface area contributed by atoms with Crippen molar-refractivity contribution in [3.63, 3.8) is 0 Å². The number of hydrogen-bond acceptors (Lipinski definition) is 5. The number of nitrogens with one attached hydrogen (secondary N) is 1. The van der Waals surface area contributed by atoms with Crippen LogP contribution in [0.25, 0.3) is 16.7 Å². The highest BCUT2D eigenvalue weighted by Gasteiger charge is 2.21. The van der Waals surface area contributed by atoms with Gasteiger partial charge in [-0.05, 0) is 50.3 Å². The van der Waals surface area contributed by atoms with E-state index in [-0.39, 0.29) is 11.6 Å². The summed E-state index contributed by atoms with van der Waals surface area (Å²) in [7, 11) is 0. The Labute approximate surface area is 195 Å². The van der Waals surface area contributed by atoms with Gasteiger partial charge in [0.15, 0.2) is 5.69 Å². The van der Waals surface area contributed by atoms with Gasteiger partial charge in [-0.15, -0.1) is 5.10 Å². The fourth-order valence-corrected chi connectivity index (χ4v) is 4.12. The Morgan fingerprint density at radius 3 is 2.66 bits per heavy atom. The molecule has 0 unspecified atom stereocenters. The zero-order valence-corrected chi connectivity index (χ0v) is 20.0. The van der Waals surface area contributed by atoms with Gasteiger partial charge in [-0.1, -0.05) is 53.2 Å². The van der Waals surface area contributed by atoms with Crippen molar-refractivity contribution in [1.29, 1.82) is 0 Å². The molecule has 0 atom stereocenters. The number of carbonyl (C=O) groups is 1. The number of amides is 1. The third-order valence-corrected chi connectivity index (χ3v) is 6.07. The minimum atomic E-state index is -0.330. The Morgan fingerprint density at radius 1 is 1.12 bits per heavy atom. The Balaban J connectivity index is 1.62. The normalized spacial score (nSPS) is 11.4. The summed E-state index contributed by atoms with van der Waals surface area (Å²) < 4.78 is 4.64. The van der Waals surface area contributed by atoms with Crippen molar-refractivity contribution in [1.82, 2.24) is 29.4 Å². The summed E-state index contributed by atoms with van der Waals surface area (Å²) in [5.41, 5.74) is 3.59. The highest BCUT2D eigenvalue weighted by atomic mass is 79.9. The van der Waals surface area contributed by atoms with Crippen molar-refractivity contribution in [2.75, 3.05) is 25.0 Å². The van der Waals surface area contributed by atoms with E-state index < -0.39 is 0 Å². The van der Waals surface area contributed by atoms with Crippen LogP contribution < -0.4 is 5.32 Å². The van der Waals surface area contributed by atoms with Crippen LogP contribution in [0.3, 0.4) is 0 Å². The van der Waals surface area contributed by atoms with Gasteiger partial charge in [-0.3, -0.25) is 10.1 Å². The average Bonchev–Trinajstić information content (AvgIpc) is 3.34. The maximum atomic E-state index is 13.1. The van der Waals surface area contributed by atoms with Gasteiger partial charge in [0.25, 0.3) is 5.91 Å². The number of likely N-dealkylation sites (N-methyl/N-ethyl adjacent to an activating group) is 1. The van der Waals surface area contributed by atoms with Crippen LogP contribution in [0.15, 0.2) is 53.0 Å². The molecule has 1 amide bonds. The van der Waals surface area contributed by atoms with Gasteiger partial charge in [-0.2, -0.15) is 0 Å². The lowest BCUT2D eigenvalue weighted by Gasteiger charge is -2.19. The molecule has 4 rings (SSSR count). The average molecular weight is 496 g/mol. The molecule has 166 valence electrons. The molecule has 0 saturated carbocycles. The molecule has 0 spiro atoms. The van der Waals surface area contributed by atoms with Crippen molar-refractivity contribution in [2.45, 2.75) is 27.3 Å². The number of aromatic nitrogens is 5. The summed E-state index contributed by atoms with van der Waals surface area (Å²) in [5, 5.41) is 11.3. The Kier molecular flexibility index (Phi) is 6.66. The van der Waals surface area contributed by atoms with E-state index in [1.165, 1.54) is 0 Å². The third-order valence-electron chi connectivity index (χ3n) is 5.58. The maximum absolute atomic E-state index is 13.1. The van der Waals surface area contributed by atoms with E-state index in [4.69, 9.17) is 0 Å². The number of hydrogen-bond donors (Lipinski definition) is 1. The molecule has 2 heterocycles. The van der Waals surface area contributed by atoms with Crippen molar-refractivity contribution < 1.29 is 4.79 Å². The summed E-state index contributed by atoms with van der Waals surface area (Å²) >= 11 is 3.47. The second-order valence-electron chi connectivity index (χ2n) is 7.47. The summed E-state index contributed by atoms with van der Waals surface area (Å²) in [5.74, 6) is 0.183. The van der Waals surface area contributed by atoms with Crippen LogP contribution >= 0.6 is 15.9 Å². The van der Waals surface area contributed by atoms with Crippen LogP contribution in [0.1, 0.15) is 30.0 Å². The van der Waals surface area contributed by atoms with E-state index in [2.05, 4.69) is 59.9 Å². The molecule has 0 aliphatic rings. The predicted octanol–water partition coefficient (Wildman–Crippen LogP) is 4.28. The van der Waals surface area contributed by atoms with E-state index in [1.807, 2.05) is 55.5 Å². The van der Waals surface area contributed by atoms with Crippen LogP contribution in [0, 0.1) is 6.92 Å². The quantitative estimate of drug-likeness (QED) is 0.394. The van der Waals surface area contributed by atoms with Crippen molar-refractivity contribution >= 4 is 38.8 Å². The molecule has 9 heteroatoms. The topological polar surface area (TPSA) is 80.9 Å². The first-order valence-electron chi connectivity index (χ1n) is 10.7. The minimum absolute atomic E-state index is 0.271. The lowest BCUT2D eigenvalue weighted by molar-refractivity contribution is 0.102. The van der Waals surface area contributed by atoms with Crippen LogP contribution in [0.5, 0.6) is 0 Å². The number of benzene rings is 2. The predicted molar refractivity (Wildman–Crippen MR) is 129 cm³/mol. The standard InChI is InChI=1S/C23H26BrN7O/c1-4-29(5-2)13-14-30-20-12-7-6-11-19(20)25-23(30)26-22(32)21-16(3)31(28-27-21)18-10-8-9-17(24)15-18/h6-12,15H,4-5,13-14H2,1-3H3,(H,25,26,32). The lowest BCUT2D eigenvalue weighted by Crippen LogP contribution is -2.28. The first-order valence-corrected chi connectivity index (χ1v) is 11.5. The van der Waals surface area contributed by atoms with Crippen LogP contribution in [0.2, 0.25) is 0 Å². The zero-order valence-electron chi connectivity index (χ0n) is 18.4. The first kappa shape index (κ1) is 22.2. The van der Waals surface area contributed by atoms with Gasteiger partial charge in [-0.25, -0.2) is 9.67 Å². The Bertz CT molecular complexity index is 1240. The van der Waals surface area contributed by atoms with E-state index in [9.17, 15) is 4.79 Å². The summed E-state index contributed by atoms with van der Waals surface area (Å²) in [6.45, 7) is 9.67. The zero-order chi connectivity index (χ0) is 22.7. The van der Waals surface area contributed by atoms with Crippen LogP contribution in [-0.2, 0) is 6.54 Å². The van der Waals surface area contributed by atoms with E-state index in [0.717, 1.165) is 47.4 Å². The lowest BCUT2D eigenvalue weighted by atomic mass is 10.3. The maximum Gasteiger partial charge on any atom is 0.280 e. The van der Waals surface area contributed by atoms with E-state index in [0.29, 0.717) is 11.6 Å². The number of anilines is 1. The van der Waals surface area contributed by atoms with Crippen LogP contribution in [0.4, 0.5) is 5.95 Å². The fraction of sp³-hybridized carbons (Fsp3) is 0.304. The van der Waals surface area contributed by atoms with Gasteiger partial charge < -0.3 is 9.47 Å². The highest BCUT2D eigenvalue weighted by Crippen LogP contribution is 2.21. The molecule has 0 bridgehead atoms. The Hall–Kier alpha value is -3.04. The SMILES string of the molecule is CCN(CC)CCn1c(NC(=O)c2nnn(-c3cccc(Br)c3)c2C)nc2ccccc21. The number of fused-ring (bicyclic) bond motifs is 1. The first-order chi connectivity index (χ1) is 15.5. The molecule has 0 radical (unpaired) electrons. The van der Waals surface area contributed by atoms with Gasteiger partial charge in [0.1, 0.15) is 0 Å². The molecular weight excluding hydrogens is 470 g/mol. The van der Waals surface area contributed by atoms with Crippen molar-refractivity contribution in [3.05, 3.63) is 64.4 Å². The van der Waals surface area contributed by atoms with Crippen LogP contribution in [-0.4, -0.2) is 55.0 Å². The molecule has 4 aromatic rings. The number of halogens is 1. The van der Waals surface area contributed by atoms with E-state index >= 15 is 0 Å². The molecular formula is C23H26BrN7O. The van der Waals surface area contributed by atoms with E-state index in [1.54, 1.807) is 4.68 Å². The van der Waals surface area contributed by atoms with Gasteiger partial charge in [0.2, 0.25) is 5.95 Å². The smallest absolute Gasteiger partial charge is 0.280 e. The summed E-state index contributed by atoms with van der Waals surface area (Å²) in [6.07, 6.45) is 0. The Morgan fingerprint density at radius 2 is 1.91 bits per heavy atom. The molecule has 0 saturated heterocycles. The number of imidazole rings is 1. The number of rotatable bonds is 8. The summed E-state index contributed by atoms with van der Waals surface area (Å²) in [4.78, 5) is 20.1. The number of carbonyl (C=O) groups excluding carboxylic acids is 1. The molecule has 0 aliphatic carbocycles. The molecule has 1 N–H and O–H groups in total. The molecule has 8 nitrogen and oxygen atoms in total. The number of para-hydroxylation sites is 2. The minimum Gasteiger partial charge on any atom is -0.309 e. The largest absolute Gasteiger partial charge is 0.309 e. The van der Waals surface area contributed by atoms with Gasteiger partial charge in [0, 0.05) is 17.6 Å². The highest BCUT2D eigenvalue weighted by molar-refractivity contribution is 9.10. The van der Waals surface area contributed by atoms with Crippen molar-refractivity contribution in [2.24, 2.45) is 0 Å². The third kappa shape index (κ3) is 4.44. The number of nitrogens with zero attached hydrogens (tertiary/aromatic N) is 6. The van der Waals surface area contributed by atoms with Crippen molar-refractivity contribution in [3.8, 4) is 5.69 Å². The molecule has 0 fully saturated rings. The second-order valence-corrected chi connectivity index (χ2v) is 8.39. The van der Waals surface area contributed by atoms with Gasteiger partial charge in [0.05, 0.1) is 22.4 Å². The molecule has 2 aromatic heterocycles. The molecule has 0 aliphatic heterocycles. The molecule has 2 aromatic carbocycles. The fourth-order valence-electron chi connectivity index (χ4n) is 3.73.